The van der Waals surface area contributed by atoms with E-state index < -0.39 is 5.97 Å². The van der Waals surface area contributed by atoms with Crippen molar-refractivity contribution in [1.82, 2.24) is 20.2 Å². The van der Waals surface area contributed by atoms with Crippen molar-refractivity contribution in [2.75, 3.05) is 6.61 Å². The number of carbonyl (C=O) groups is 1. The molecule has 0 spiro atoms. The third-order valence-corrected chi connectivity index (χ3v) is 2.80. The molecule has 0 aliphatic carbocycles. The lowest BCUT2D eigenvalue weighted by molar-refractivity contribution is -0.137. The number of tetrazole rings is 1. The summed E-state index contributed by atoms with van der Waals surface area (Å²) >= 11 is 0. The van der Waals surface area contributed by atoms with Crippen LogP contribution in [-0.4, -0.2) is 37.9 Å². The molecule has 2 aromatic rings. The van der Waals surface area contributed by atoms with E-state index in [0.29, 0.717) is 12.4 Å². The molecule has 1 N–H and O–H groups in total. The zero-order valence-electron chi connectivity index (χ0n) is 11.4. The quantitative estimate of drug-likeness (QED) is 0.864. The number of aliphatic carboxylic acids is 1. The fraction of sp³-hybridized carbons (Fsp3) is 0.385. The summed E-state index contributed by atoms with van der Waals surface area (Å²) in [5.74, 6) is 0.432. The SMILES string of the molecule is CCOc1ccc(-c2nnnn2C(C)CC(=O)O)cc1. The molecule has 1 unspecified atom stereocenters. The summed E-state index contributed by atoms with van der Waals surface area (Å²) in [7, 11) is 0. The molecule has 0 saturated heterocycles. The number of hydrogen-bond donors (Lipinski definition) is 1. The van der Waals surface area contributed by atoms with E-state index in [4.69, 9.17) is 9.84 Å². The fourth-order valence-electron chi connectivity index (χ4n) is 1.89. The van der Waals surface area contributed by atoms with Crippen molar-refractivity contribution in [1.29, 1.82) is 0 Å². The highest BCUT2D eigenvalue weighted by molar-refractivity contribution is 5.67. The first-order valence-corrected chi connectivity index (χ1v) is 6.34. The number of ether oxygens (including phenoxy) is 1. The summed E-state index contributed by atoms with van der Waals surface area (Å²) < 4.78 is 6.89. The minimum absolute atomic E-state index is 0.0327. The van der Waals surface area contributed by atoms with Crippen molar-refractivity contribution in [2.24, 2.45) is 0 Å². The average molecular weight is 276 g/mol. The highest BCUT2D eigenvalue weighted by atomic mass is 16.5. The summed E-state index contributed by atoms with van der Waals surface area (Å²) in [5, 5.41) is 20.3. The van der Waals surface area contributed by atoms with Crippen LogP contribution >= 0.6 is 0 Å². The molecule has 1 aromatic heterocycles. The van der Waals surface area contributed by atoms with E-state index in [1.807, 2.05) is 31.2 Å². The third-order valence-electron chi connectivity index (χ3n) is 2.80. The van der Waals surface area contributed by atoms with E-state index >= 15 is 0 Å². The van der Waals surface area contributed by atoms with Crippen LogP contribution in [0.25, 0.3) is 11.4 Å². The monoisotopic (exact) mass is 276 g/mol. The van der Waals surface area contributed by atoms with E-state index in [1.54, 1.807) is 6.92 Å². The maximum absolute atomic E-state index is 10.8. The van der Waals surface area contributed by atoms with Gasteiger partial charge in [0.25, 0.3) is 0 Å². The van der Waals surface area contributed by atoms with Crippen molar-refractivity contribution in [3.8, 4) is 17.1 Å². The lowest BCUT2D eigenvalue weighted by Gasteiger charge is -2.11. The standard InChI is InChI=1S/C13H16N4O3/c1-3-20-11-6-4-10(5-7-11)13-14-15-16-17(13)9(2)8-12(18)19/h4-7,9H,3,8H2,1-2H3,(H,18,19). The average Bonchev–Trinajstić information content (AvgIpc) is 2.88. The van der Waals surface area contributed by atoms with Gasteiger partial charge in [0.05, 0.1) is 19.1 Å². The van der Waals surface area contributed by atoms with Gasteiger partial charge in [0.15, 0.2) is 5.82 Å². The van der Waals surface area contributed by atoms with E-state index in [9.17, 15) is 4.79 Å². The highest BCUT2D eigenvalue weighted by Crippen LogP contribution is 2.23. The molecular weight excluding hydrogens is 260 g/mol. The first-order chi connectivity index (χ1) is 9.61. The molecule has 7 heteroatoms. The van der Waals surface area contributed by atoms with Crippen LogP contribution in [0.4, 0.5) is 0 Å². The Hall–Kier alpha value is -2.44. The predicted octanol–water partition coefficient (Wildman–Crippen LogP) is 1.77. The van der Waals surface area contributed by atoms with Crippen LogP contribution in [0.1, 0.15) is 26.3 Å². The summed E-state index contributed by atoms with van der Waals surface area (Å²) in [4.78, 5) is 10.8. The molecule has 1 aromatic carbocycles. The Morgan fingerprint density at radius 3 is 2.70 bits per heavy atom. The molecule has 20 heavy (non-hydrogen) atoms. The lowest BCUT2D eigenvalue weighted by atomic mass is 10.2. The smallest absolute Gasteiger partial charge is 0.305 e. The van der Waals surface area contributed by atoms with Crippen LogP contribution in [0.5, 0.6) is 5.75 Å². The predicted molar refractivity (Wildman–Crippen MR) is 71.4 cm³/mol. The van der Waals surface area contributed by atoms with Crippen molar-refractivity contribution >= 4 is 5.97 Å². The zero-order chi connectivity index (χ0) is 14.5. The number of carboxylic acids is 1. The van der Waals surface area contributed by atoms with Crippen LogP contribution in [-0.2, 0) is 4.79 Å². The molecule has 0 bridgehead atoms. The van der Waals surface area contributed by atoms with Gasteiger partial charge in [-0.05, 0) is 48.5 Å². The maximum Gasteiger partial charge on any atom is 0.305 e. The third kappa shape index (κ3) is 3.11. The van der Waals surface area contributed by atoms with Crippen molar-refractivity contribution < 1.29 is 14.6 Å². The Balaban J connectivity index is 2.24. The van der Waals surface area contributed by atoms with Gasteiger partial charge in [-0.25, -0.2) is 4.68 Å². The van der Waals surface area contributed by atoms with Crippen LogP contribution < -0.4 is 4.74 Å². The number of carboxylic acid groups (broad SMARTS) is 1. The molecule has 106 valence electrons. The van der Waals surface area contributed by atoms with Gasteiger partial charge in [0.1, 0.15) is 5.75 Å². The van der Waals surface area contributed by atoms with Crippen molar-refractivity contribution in [3.05, 3.63) is 24.3 Å². The summed E-state index contributed by atoms with van der Waals surface area (Å²) in [6.45, 7) is 4.29. The van der Waals surface area contributed by atoms with Crippen molar-refractivity contribution in [2.45, 2.75) is 26.3 Å². The largest absolute Gasteiger partial charge is 0.494 e. The van der Waals surface area contributed by atoms with Crippen LogP contribution in [0.3, 0.4) is 0 Å². The Kier molecular flexibility index (Phi) is 4.29. The van der Waals surface area contributed by atoms with Gasteiger partial charge in [-0.1, -0.05) is 0 Å². The topological polar surface area (TPSA) is 90.1 Å². The number of aromatic nitrogens is 4. The molecule has 1 heterocycles. The molecule has 7 nitrogen and oxygen atoms in total. The normalized spacial score (nSPS) is 12.1. The Morgan fingerprint density at radius 1 is 1.40 bits per heavy atom. The van der Waals surface area contributed by atoms with E-state index in [-0.39, 0.29) is 12.5 Å². The van der Waals surface area contributed by atoms with Gasteiger partial charge in [0, 0.05) is 5.56 Å². The minimum atomic E-state index is -0.884. The van der Waals surface area contributed by atoms with Gasteiger partial charge in [0.2, 0.25) is 0 Å². The first-order valence-electron chi connectivity index (χ1n) is 6.34. The van der Waals surface area contributed by atoms with E-state index in [2.05, 4.69) is 15.5 Å². The zero-order valence-corrected chi connectivity index (χ0v) is 11.4. The van der Waals surface area contributed by atoms with Crippen LogP contribution in [0.15, 0.2) is 24.3 Å². The molecule has 0 fully saturated rings. The molecule has 0 saturated carbocycles. The second kappa shape index (κ2) is 6.14. The summed E-state index contributed by atoms with van der Waals surface area (Å²) in [6, 6.07) is 7.05. The molecule has 0 radical (unpaired) electrons. The molecular formula is C13H16N4O3. The van der Waals surface area contributed by atoms with Crippen LogP contribution in [0.2, 0.25) is 0 Å². The molecule has 0 amide bonds. The fourth-order valence-corrected chi connectivity index (χ4v) is 1.89. The summed E-state index contributed by atoms with van der Waals surface area (Å²) in [5.41, 5.74) is 0.815. The Bertz CT molecular complexity index is 580. The van der Waals surface area contributed by atoms with Gasteiger partial charge in [-0.2, -0.15) is 0 Å². The Morgan fingerprint density at radius 2 is 2.10 bits per heavy atom. The lowest BCUT2D eigenvalue weighted by Crippen LogP contribution is -2.13. The van der Waals surface area contributed by atoms with E-state index in [1.165, 1.54) is 4.68 Å². The first kappa shape index (κ1) is 14.0. The minimum Gasteiger partial charge on any atom is -0.494 e. The highest BCUT2D eigenvalue weighted by Gasteiger charge is 2.17. The van der Waals surface area contributed by atoms with Crippen molar-refractivity contribution in [3.63, 3.8) is 0 Å². The summed E-state index contributed by atoms with van der Waals surface area (Å²) in [6.07, 6.45) is -0.0327. The van der Waals surface area contributed by atoms with Gasteiger partial charge in [-0.15, -0.1) is 5.10 Å². The number of nitrogens with zero attached hydrogens (tertiary/aromatic N) is 4. The van der Waals surface area contributed by atoms with Crippen LogP contribution in [0, 0.1) is 0 Å². The van der Waals surface area contributed by atoms with Gasteiger partial charge in [-0.3, -0.25) is 4.79 Å². The Labute approximate surface area is 116 Å². The maximum atomic E-state index is 10.8. The number of rotatable bonds is 6. The number of hydrogen-bond acceptors (Lipinski definition) is 5. The van der Waals surface area contributed by atoms with E-state index in [0.717, 1.165) is 11.3 Å². The van der Waals surface area contributed by atoms with Gasteiger partial charge < -0.3 is 9.84 Å². The molecule has 0 aliphatic rings. The second-order valence-electron chi connectivity index (χ2n) is 4.35. The van der Waals surface area contributed by atoms with Gasteiger partial charge >= 0.3 is 5.97 Å². The second-order valence-corrected chi connectivity index (χ2v) is 4.35. The molecule has 0 aliphatic heterocycles. The number of benzene rings is 1. The molecule has 1 atom stereocenters. The molecule has 2 rings (SSSR count).